The lowest BCUT2D eigenvalue weighted by molar-refractivity contribution is 0.178. The molecule has 0 bridgehead atoms. The minimum Gasteiger partial charge on any atom is -0.385 e. The average Bonchev–Trinajstić information content (AvgIpc) is 3.77. The molecular formula is C20H38N14O4. The molecule has 0 aromatic carbocycles. The summed E-state index contributed by atoms with van der Waals surface area (Å²) in [7, 11) is 6.67. The predicted octanol–water partition coefficient (Wildman–Crippen LogP) is -0.732. The number of rotatable bonds is 14. The van der Waals surface area contributed by atoms with Crippen molar-refractivity contribution in [3.05, 3.63) is 37.4 Å². The van der Waals surface area contributed by atoms with Crippen LogP contribution in [-0.2, 0) is 45.1 Å². The van der Waals surface area contributed by atoms with E-state index in [1.807, 2.05) is 6.20 Å². The first-order valence-electron chi connectivity index (χ1n) is 11.8. The van der Waals surface area contributed by atoms with Crippen LogP contribution in [0.5, 0.6) is 0 Å². The quantitative estimate of drug-likeness (QED) is 0.183. The van der Waals surface area contributed by atoms with Crippen LogP contribution in [0.4, 0.5) is 0 Å². The molecule has 4 aromatic heterocycles. The molecule has 0 unspecified atom stereocenters. The maximum Gasteiger partial charge on any atom is 0.162 e. The zero-order valence-electron chi connectivity index (χ0n) is 22.4. The van der Waals surface area contributed by atoms with Gasteiger partial charge in [-0.25, -0.2) is 0 Å². The third kappa shape index (κ3) is 17.7. The minimum atomic E-state index is 0.621. The number of nitrogens with zero attached hydrogens (tertiary/aromatic N) is 14. The van der Waals surface area contributed by atoms with E-state index < -0.39 is 0 Å². The highest BCUT2D eigenvalue weighted by atomic mass is 16.5. The van der Waals surface area contributed by atoms with Gasteiger partial charge in [0.05, 0.1) is 45.2 Å². The molecule has 0 fully saturated rings. The van der Waals surface area contributed by atoms with Crippen molar-refractivity contribution in [2.45, 2.75) is 39.0 Å². The number of methoxy groups -OCH3 is 4. The van der Waals surface area contributed by atoms with E-state index >= 15 is 0 Å². The fourth-order valence-corrected chi connectivity index (χ4v) is 2.36. The molecule has 0 aliphatic carbocycles. The van der Waals surface area contributed by atoms with Gasteiger partial charge in [0.1, 0.15) is 0 Å². The van der Waals surface area contributed by atoms with Crippen molar-refractivity contribution in [1.29, 1.82) is 0 Å². The van der Waals surface area contributed by atoms with E-state index in [0.717, 1.165) is 45.7 Å². The lowest BCUT2D eigenvalue weighted by atomic mass is 10.4. The molecule has 0 saturated heterocycles. The molecule has 18 heteroatoms. The van der Waals surface area contributed by atoms with Gasteiger partial charge in [0.15, 0.2) is 12.7 Å². The van der Waals surface area contributed by atoms with Gasteiger partial charge in [-0.15, -0.1) is 30.6 Å². The first-order valence-corrected chi connectivity index (χ1v) is 11.8. The summed E-state index contributed by atoms with van der Waals surface area (Å²) in [5.74, 6) is 0. The third-order valence-electron chi connectivity index (χ3n) is 4.19. The molecule has 18 nitrogen and oxygen atoms in total. The van der Waals surface area contributed by atoms with E-state index in [-0.39, 0.29) is 0 Å². The molecule has 0 atom stereocenters. The smallest absolute Gasteiger partial charge is 0.162 e. The van der Waals surface area contributed by atoms with Crippen LogP contribution in [0.25, 0.3) is 0 Å². The Bertz CT molecular complexity index is 858. The second kappa shape index (κ2) is 23.6. The van der Waals surface area contributed by atoms with Crippen molar-refractivity contribution in [2.75, 3.05) is 54.9 Å². The largest absolute Gasteiger partial charge is 0.385 e. The fraction of sp³-hybridized carbons (Fsp3) is 0.700. The monoisotopic (exact) mass is 538 g/mol. The maximum absolute atomic E-state index is 4.88. The summed E-state index contributed by atoms with van der Waals surface area (Å²) in [5, 5.41) is 36.8. The predicted molar refractivity (Wildman–Crippen MR) is 132 cm³/mol. The van der Waals surface area contributed by atoms with Crippen LogP contribution in [-0.4, -0.2) is 125 Å². The number of tetrazole rings is 2. The molecule has 0 aliphatic heterocycles. The second-order valence-corrected chi connectivity index (χ2v) is 7.07. The van der Waals surface area contributed by atoms with Crippen molar-refractivity contribution < 1.29 is 18.9 Å². The van der Waals surface area contributed by atoms with Gasteiger partial charge in [-0.3, -0.25) is 9.36 Å². The van der Waals surface area contributed by atoms with E-state index in [2.05, 4.69) is 51.4 Å². The summed E-state index contributed by atoms with van der Waals surface area (Å²) in [5.41, 5.74) is 0. The molecule has 38 heavy (non-hydrogen) atoms. The Morgan fingerprint density at radius 3 is 1.42 bits per heavy atom. The summed E-state index contributed by atoms with van der Waals surface area (Å²) < 4.78 is 22.9. The van der Waals surface area contributed by atoms with E-state index in [0.29, 0.717) is 19.8 Å². The number of aryl methyl sites for hydroxylation is 2. The van der Waals surface area contributed by atoms with Crippen molar-refractivity contribution in [1.82, 2.24) is 70.4 Å². The molecule has 212 valence electrons. The Balaban J connectivity index is 0.000000254. The highest BCUT2D eigenvalue weighted by Crippen LogP contribution is 1.86. The molecule has 0 radical (unpaired) electrons. The van der Waals surface area contributed by atoms with Gasteiger partial charge in [-0.2, -0.15) is 9.59 Å². The van der Waals surface area contributed by atoms with Crippen LogP contribution in [0.3, 0.4) is 0 Å². The first-order chi connectivity index (χ1) is 18.7. The Kier molecular flexibility index (Phi) is 20.1. The van der Waals surface area contributed by atoms with E-state index in [1.165, 1.54) is 17.5 Å². The number of aromatic nitrogens is 14. The van der Waals surface area contributed by atoms with Crippen LogP contribution in [0.2, 0.25) is 0 Å². The van der Waals surface area contributed by atoms with Gasteiger partial charge in [0, 0.05) is 60.6 Å². The Labute approximate surface area is 221 Å². The lowest BCUT2D eigenvalue weighted by Gasteiger charge is -1.97. The molecule has 4 rings (SSSR count). The first kappa shape index (κ1) is 32.3. The van der Waals surface area contributed by atoms with E-state index in [9.17, 15) is 0 Å². The molecular weight excluding hydrogens is 500 g/mol. The van der Waals surface area contributed by atoms with Crippen molar-refractivity contribution in [3.8, 4) is 0 Å². The zero-order valence-corrected chi connectivity index (χ0v) is 22.4. The van der Waals surface area contributed by atoms with Gasteiger partial charge in [0.2, 0.25) is 0 Å². The van der Waals surface area contributed by atoms with Crippen molar-refractivity contribution >= 4 is 0 Å². The average molecular weight is 539 g/mol. The summed E-state index contributed by atoms with van der Waals surface area (Å²) >= 11 is 0. The minimum absolute atomic E-state index is 0.621. The van der Waals surface area contributed by atoms with Crippen LogP contribution in [0, 0.1) is 0 Å². The normalized spacial score (nSPS) is 10.0. The van der Waals surface area contributed by atoms with E-state index in [4.69, 9.17) is 18.9 Å². The fourth-order valence-electron chi connectivity index (χ4n) is 2.36. The molecule has 0 saturated carbocycles. The summed E-state index contributed by atoms with van der Waals surface area (Å²) in [6.07, 6.45) is 11.7. The molecule has 4 aromatic rings. The molecule has 0 spiro atoms. The summed E-state index contributed by atoms with van der Waals surface area (Å²) in [6.45, 7) is 5.91. The van der Waals surface area contributed by atoms with Crippen LogP contribution < -0.4 is 0 Å². The molecule has 0 N–H and O–H groups in total. The highest BCUT2D eigenvalue weighted by molar-refractivity contribution is 4.63. The van der Waals surface area contributed by atoms with Gasteiger partial charge in [-0.1, -0.05) is 10.4 Å². The van der Waals surface area contributed by atoms with Crippen LogP contribution in [0.1, 0.15) is 12.8 Å². The Morgan fingerprint density at radius 2 is 0.974 bits per heavy atom. The van der Waals surface area contributed by atoms with Gasteiger partial charge in [0.25, 0.3) is 0 Å². The second-order valence-electron chi connectivity index (χ2n) is 7.07. The van der Waals surface area contributed by atoms with E-state index in [1.54, 1.807) is 61.2 Å². The number of ether oxygens (including phenoxy) is 4. The van der Waals surface area contributed by atoms with Gasteiger partial charge < -0.3 is 18.9 Å². The van der Waals surface area contributed by atoms with Crippen molar-refractivity contribution in [3.63, 3.8) is 0 Å². The standard InChI is InChI=1S/C6H11N3O.C5H10N4O.C5H9N3O.C4H8N4O/c1-10-6-2-4-9-5-3-7-8-9;1-10-4-2-3-9-7-5-6-8-9;1-9-5-4-8-3-2-6-7-8;1-9-3-2-8-6-4-5-7-8/h3,5H,2,4,6H2,1H3;5H,2-4H2,1H3;2-3H,4-5H2,1H3;4H,2-3H2,1H3. The van der Waals surface area contributed by atoms with Crippen LogP contribution >= 0.6 is 0 Å². The summed E-state index contributed by atoms with van der Waals surface area (Å²) in [6, 6.07) is 0. The zero-order chi connectivity index (χ0) is 27.5. The molecule has 4 heterocycles. The molecule has 0 aliphatic rings. The number of hydrogen-bond acceptors (Lipinski definition) is 14. The summed E-state index contributed by atoms with van der Waals surface area (Å²) in [4.78, 5) is 3.02. The van der Waals surface area contributed by atoms with Crippen LogP contribution in [0.15, 0.2) is 37.4 Å². The third-order valence-corrected chi connectivity index (χ3v) is 4.19. The topological polar surface area (TPSA) is 186 Å². The molecule has 0 amide bonds. The SMILES string of the molecule is COCCCn1ccnn1.COCCCn1ncnn1.COCCn1ccnn1.COCCn1ncnn1. The lowest BCUT2D eigenvalue weighted by Crippen LogP contribution is -2.07. The van der Waals surface area contributed by atoms with Gasteiger partial charge in [-0.05, 0) is 23.3 Å². The Morgan fingerprint density at radius 1 is 0.500 bits per heavy atom. The Hall–Kier alpha value is -3.74. The maximum atomic E-state index is 4.88. The number of hydrogen-bond donors (Lipinski definition) is 0. The van der Waals surface area contributed by atoms with Crippen molar-refractivity contribution in [2.24, 2.45) is 0 Å². The highest BCUT2D eigenvalue weighted by Gasteiger charge is 1.91. The van der Waals surface area contributed by atoms with Gasteiger partial charge >= 0.3 is 0 Å².